The van der Waals surface area contributed by atoms with E-state index in [0.29, 0.717) is 13.0 Å². The van der Waals surface area contributed by atoms with Crippen LogP contribution in [-0.2, 0) is 23.3 Å². The fourth-order valence-electron chi connectivity index (χ4n) is 3.65. The number of primary amides is 1. The van der Waals surface area contributed by atoms with Gasteiger partial charge >= 0.3 is 0 Å². The monoisotopic (exact) mass is 294 g/mol. The van der Waals surface area contributed by atoms with E-state index in [9.17, 15) is 4.79 Å². The van der Waals surface area contributed by atoms with Crippen molar-refractivity contribution in [1.29, 1.82) is 0 Å². The predicted molar refractivity (Wildman–Crippen MR) is 88.5 cm³/mol. The summed E-state index contributed by atoms with van der Waals surface area (Å²) < 4.78 is 0. The van der Waals surface area contributed by atoms with Crippen LogP contribution in [0.4, 0.5) is 0 Å². The Morgan fingerprint density at radius 3 is 2.45 bits per heavy atom. The van der Waals surface area contributed by atoms with Crippen molar-refractivity contribution in [3.8, 4) is 0 Å². The van der Waals surface area contributed by atoms with E-state index in [-0.39, 0.29) is 5.91 Å². The molecular formula is C19H22N2O. The van der Waals surface area contributed by atoms with Crippen LogP contribution in [0.1, 0.15) is 33.4 Å². The Kier molecular flexibility index (Phi) is 3.53. The minimum atomic E-state index is -0.804. The van der Waals surface area contributed by atoms with Gasteiger partial charge in [-0.3, -0.25) is 10.1 Å². The second kappa shape index (κ2) is 5.25. The molecule has 1 atom stereocenters. The van der Waals surface area contributed by atoms with Crippen molar-refractivity contribution < 1.29 is 4.79 Å². The molecule has 1 aliphatic rings. The Morgan fingerprint density at radius 1 is 1.18 bits per heavy atom. The Morgan fingerprint density at radius 2 is 1.82 bits per heavy atom. The second-order valence-corrected chi connectivity index (χ2v) is 6.33. The van der Waals surface area contributed by atoms with Crippen LogP contribution in [0.3, 0.4) is 0 Å². The fourth-order valence-corrected chi connectivity index (χ4v) is 3.65. The average Bonchev–Trinajstić information content (AvgIpc) is 2.83. The number of carbonyl (C=O) groups is 1. The molecule has 0 spiro atoms. The molecule has 0 aromatic heterocycles. The number of benzene rings is 2. The van der Waals surface area contributed by atoms with Gasteiger partial charge in [0.15, 0.2) is 0 Å². The first-order valence-electron chi connectivity index (χ1n) is 7.64. The van der Waals surface area contributed by atoms with Crippen LogP contribution < -0.4 is 11.1 Å². The van der Waals surface area contributed by atoms with Crippen LogP contribution in [-0.4, -0.2) is 5.91 Å². The maximum atomic E-state index is 12.3. The molecule has 0 fully saturated rings. The molecule has 114 valence electrons. The Labute approximate surface area is 131 Å². The maximum absolute atomic E-state index is 12.3. The minimum Gasteiger partial charge on any atom is -0.368 e. The molecule has 2 aromatic carbocycles. The van der Waals surface area contributed by atoms with Gasteiger partial charge in [-0.1, -0.05) is 42.0 Å². The number of nitrogens with one attached hydrogen (secondary N) is 1. The number of carbonyl (C=O) groups excluding carboxylic acids is 1. The number of hydrogen-bond acceptors (Lipinski definition) is 2. The van der Waals surface area contributed by atoms with Gasteiger partial charge in [-0.2, -0.15) is 0 Å². The molecule has 1 aliphatic heterocycles. The third kappa shape index (κ3) is 2.22. The quantitative estimate of drug-likeness (QED) is 0.914. The van der Waals surface area contributed by atoms with E-state index in [1.807, 2.05) is 18.2 Å². The number of nitrogens with two attached hydrogens (primary N) is 1. The highest BCUT2D eigenvalue weighted by Gasteiger charge is 2.44. The summed E-state index contributed by atoms with van der Waals surface area (Å²) in [7, 11) is 0. The largest absolute Gasteiger partial charge is 0.368 e. The molecule has 0 bridgehead atoms. The van der Waals surface area contributed by atoms with Gasteiger partial charge in [-0.25, -0.2) is 0 Å². The molecule has 3 heteroatoms. The van der Waals surface area contributed by atoms with Crippen LogP contribution >= 0.6 is 0 Å². The molecule has 3 N–H and O–H groups in total. The SMILES string of the molecule is Cc1cc(C)c(CC2(C(N)=O)NCc3ccccc32)c(C)c1. The van der Waals surface area contributed by atoms with Crippen LogP contribution in [0.15, 0.2) is 36.4 Å². The third-order valence-electron chi connectivity index (χ3n) is 4.76. The van der Waals surface area contributed by atoms with Crippen LogP contribution in [0.25, 0.3) is 0 Å². The zero-order chi connectivity index (χ0) is 15.9. The lowest BCUT2D eigenvalue weighted by molar-refractivity contribution is -0.124. The average molecular weight is 294 g/mol. The predicted octanol–water partition coefficient (Wildman–Crippen LogP) is 2.64. The van der Waals surface area contributed by atoms with Crippen LogP contribution in [0, 0.1) is 20.8 Å². The van der Waals surface area contributed by atoms with Crippen LogP contribution in [0.2, 0.25) is 0 Å². The standard InChI is InChI=1S/C19H22N2O/c1-12-8-13(2)16(14(3)9-12)10-19(18(20)22)17-7-5-4-6-15(17)11-21-19/h4-9,21H,10-11H2,1-3H3,(H2,20,22). The normalized spacial score (nSPS) is 20.0. The van der Waals surface area contributed by atoms with Gasteiger partial charge in [-0.05, 0) is 48.6 Å². The van der Waals surface area contributed by atoms with E-state index in [1.54, 1.807) is 0 Å². The molecule has 1 amide bonds. The smallest absolute Gasteiger partial charge is 0.242 e. The summed E-state index contributed by atoms with van der Waals surface area (Å²) in [4.78, 5) is 12.3. The van der Waals surface area contributed by atoms with E-state index in [1.165, 1.54) is 22.3 Å². The van der Waals surface area contributed by atoms with Gasteiger partial charge in [0.1, 0.15) is 5.54 Å². The second-order valence-electron chi connectivity index (χ2n) is 6.33. The zero-order valence-electron chi connectivity index (χ0n) is 13.4. The van der Waals surface area contributed by atoms with E-state index >= 15 is 0 Å². The molecule has 1 unspecified atom stereocenters. The maximum Gasteiger partial charge on any atom is 0.242 e. The highest BCUT2D eigenvalue weighted by Crippen LogP contribution is 2.35. The molecule has 1 heterocycles. The van der Waals surface area contributed by atoms with Crippen molar-refractivity contribution in [1.82, 2.24) is 5.32 Å². The highest BCUT2D eigenvalue weighted by molar-refractivity contribution is 5.88. The lowest BCUT2D eigenvalue weighted by Gasteiger charge is -2.29. The number of aryl methyl sites for hydroxylation is 3. The molecule has 22 heavy (non-hydrogen) atoms. The van der Waals surface area contributed by atoms with Gasteiger partial charge in [0.25, 0.3) is 0 Å². The van der Waals surface area contributed by atoms with Crippen molar-refractivity contribution in [2.45, 2.75) is 39.3 Å². The van der Waals surface area contributed by atoms with Gasteiger partial charge in [0.05, 0.1) is 0 Å². The van der Waals surface area contributed by atoms with Crippen molar-refractivity contribution >= 4 is 5.91 Å². The minimum absolute atomic E-state index is 0.308. The van der Waals surface area contributed by atoms with Crippen molar-refractivity contribution in [2.75, 3.05) is 0 Å². The fraction of sp³-hybridized carbons (Fsp3) is 0.316. The summed E-state index contributed by atoms with van der Waals surface area (Å²) in [6.07, 6.45) is 0.595. The molecule has 0 aliphatic carbocycles. The third-order valence-corrected chi connectivity index (χ3v) is 4.76. The summed E-state index contributed by atoms with van der Waals surface area (Å²) >= 11 is 0. The summed E-state index contributed by atoms with van der Waals surface area (Å²) in [6.45, 7) is 6.98. The number of fused-ring (bicyclic) bond motifs is 1. The lowest BCUT2D eigenvalue weighted by Crippen LogP contribution is -2.50. The molecule has 3 rings (SSSR count). The van der Waals surface area contributed by atoms with Crippen molar-refractivity contribution in [2.24, 2.45) is 5.73 Å². The van der Waals surface area contributed by atoms with Gasteiger partial charge in [0.2, 0.25) is 5.91 Å². The lowest BCUT2D eigenvalue weighted by atomic mass is 9.81. The van der Waals surface area contributed by atoms with Crippen molar-refractivity contribution in [3.05, 3.63) is 69.8 Å². The number of hydrogen-bond donors (Lipinski definition) is 2. The van der Waals surface area contributed by atoms with Crippen LogP contribution in [0.5, 0.6) is 0 Å². The van der Waals surface area contributed by atoms with Gasteiger partial charge in [0, 0.05) is 13.0 Å². The molecule has 2 aromatic rings. The van der Waals surface area contributed by atoms with E-state index in [0.717, 1.165) is 11.1 Å². The first-order chi connectivity index (χ1) is 10.4. The van der Waals surface area contributed by atoms with Gasteiger partial charge < -0.3 is 5.73 Å². The Balaban J connectivity index is 2.11. The molecule has 0 saturated carbocycles. The molecule has 0 saturated heterocycles. The first kappa shape index (κ1) is 14.8. The summed E-state index contributed by atoms with van der Waals surface area (Å²) in [5.74, 6) is -0.308. The summed E-state index contributed by atoms with van der Waals surface area (Å²) in [5, 5.41) is 3.38. The Hall–Kier alpha value is -2.13. The van der Waals surface area contributed by atoms with E-state index < -0.39 is 5.54 Å². The molecule has 0 radical (unpaired) electrons. The topological polar surface area (TPSA) is 55.1 Å². The number of rotatable bonds is 3. The highest BCUT2D eigenvalue weighted by atomic mass is 16.1. The first-order valence-corrected chi connectivity index (χ1v) is 7.64. The summed E-state index contributed by atoms with van der Waals surface area (Å²) in [5.41, 5.74) is 12.1. The molecule has 3 nitrogen and oxygen atoms in total. The summed E-state index contributed by atoms with van der Waals surface area (Å²) in [6, 6.07) is 12.4. The molecular weight excluding hydrogens is 272 g/mol. The Bertz CT molecular complexity index is 728. The van der Waals surface area contributed by atoms with Gasteiger partial charge in [-0.15, -0.1) is 0 Å². The van der Waals surface area contributed by atoms with E-state index in [2.05, 4.69) is 44.3 Å². The van der Waals surface area contributed by atoms with Crippen molar-refractivity contribution in [3.63, 3.8) is 0 Å². The van der Waals surface area contributed by atoms with E-state index in [4.69, 9.17) is 5.73 Å². The zero-order valence-corrected chi connectivity index (χ0v) is 13.4. The number of amides is 1.